The number of hydrogen-bond acceptors (Lipinski definition) is 6. The number of carbonyl (C=O) groups is 1. The fraction of sp³-hybridized carbons (Fsp3) is 0.217. The zero-order chi connectivity index (χ0) is 23.1. The molecular weight excluding hydrogens is 430 g/mol. The summed E-state index contributed by atoms with van der Waals surface area (Å²) in [6.07, 6.45) is 3.11. The third-order valence-electron chi connectivity index (χ3n) is 4.79. The number of hydrogen-bond donors (Lipinski definition) is 2. The number of benzene rings is 2. The second-order valence-corrected chi connectivity index (χ2v) is 9.30. The van der Waals surface area contributed by atoms with E-state index >= 15 is 0 Å². The number of sulfonamides is 1. The maximum Gasteiger partial charge on any atom is 0.262 e. The first-order chi connectivity index (χ1) is 15.3. The van der Waals surface area contributed by atoms with Crippen LogP contribution in [0.15, 0.2) is 84.0 Å². The monoisotopic (exact) mass is 455 g/mol. The highest BCUT2D eigenvalue weighted by Gasteiger charge is 2.39. The largest absolute Gasteiger partial charge is 0.456 e. The number of ether oxygens (including phenoxy) is 1. The highest BCUT2D eigenvalue weighted by molar-refractivity contribution is 7.89. The molecule has 32 heavy (non-hydrogen) atoms. The van der Waals surface area contributed by atoms with Crippen molar-refractivity contribution in [2.75, 3.05) is 0 Å². The highest BCUT2D eigenvalue weighted by atomic mass is 32.2. The van der Waals surface area contributed by atoms with Gasteiger partial charge in [-0.2, -0.15) is 4.31 Å². The fourth-order valence-corrected chi connectivity index (χ4v) is 5.15. The van der Waals surface area contributed by atoms with Gasteiger partial charge in [-0.3, -0.25) is 15.0 Å². The molecule has 0 spiro atoms. The molecule has 0 aliphatic carbocycles. The van der Waals surface area contributed by atoms with Crippen LogP contribution in [0.25, 0.3) is 0 Å². The number of amides is 1. The van der Waals surface area contributed by atoms with Gasteiger partial charge in [-0.1, -0.05) is 50.2 Å². The number of para-hydroxylation sites is 2. The van der Waals surface area contributed by atoms with Gasteiger partial charge in [0.25, 0.3) is 5.91 Å². The van der Waals surface area contributed by atoms with Crippen molar-refractivity contribution in [2.45, 2.75) is 31.3 Å². The highest BCUT2D eigenvalue weighted by Crippen LogP contribution is 2.33. The quantitative estimate of drug-likeness (QED) is 0.377. The summed E-state index contributed by atoms with van der Waals surface area (Å²) in [7, 11) is -4.24. The lowest BCUT2D eigenvalue weighted by atomic mass is 10.0. The molecular formula is C23H25N3O5S. The third-order valence-corrected chi connectivity index (χ3v) is 6.66. The summed E-state index contributed by atoms with van der Waals surface area (Å²) >= 11 is 0. The number of pyridine rings is 1. The van der Waals surface area contributed by atoms with Gasteiger partial charge in [-0.15, -0.1) is 0 Å². The van der Waals surface area contributed by atoms with Gasteiger partial charge >= 0.3 is 0 Å². The van der Waals surface area contributed by atoms with Gasteiger partial charge < -0.3 is 4.74 Å². The van der Waals surface area contributed by atoms with Crippen LogP contribution in [0.1, 0.15) is 19.4 Å². The van der Waals surface area contributed by atoms with Gasteiger partial charge in [0.15, 0.2) is 0 Å². The van der Waals surface area contributed by atoms with Crippen molar-refractivity contribution >= 4 is 15.9 Å². The summed E-state index contributed by atoms with van der Waals surface area (Å²) in [4.78, 5) is 16.5. The molecule has 0 saturated carbocycles. The van der Waals surface area contributed by atoms with E-state index in [1.54, 1.807) is 80.1 Å². The summed E-state index contributed by atoms with van der Waals surface area (Å²) in [5.74, 6) is -0.658. The van der Waals surface area contributed by atoms with E-state index in [0.717, 1.165) is 4.31 Å². The summed E-state index contributed by atoms with van der Waals surface area (Å²) < 4.78 is 34.7. The van der Waals surface area contributed by atoms with Crippen molar-refractivity contribution in [1.82, 2.24) is 14.8 Å². The molecule has 0 bridgehead atoms. The van der Waals surface area contributed by atoms with Crippen molar-refractivity contribution in [3.05, 3.63) is 84.7 Å². The zero-order valence-corrected chi connectivity index (χ0v) is 18.6. The van der Waals surface area contributed by atoms with Crippen LogP contribution >= 0.6 is 0 Å². The average molecular weight is 456 g/mol. The van der Waals surface area contributed by atoms with Crippen LogP contribution in [-0.4, -0.2) is 34.9 Å². The van der Waals surface area contributed by atoms with E-state index in [1.807, 2.05) is 6.07 Å². The van der Waals surface area contributed by atoms with Crippen LogP contribution < -0.4 is 10.2 Å². The van der Waals surface area contributed by atoms with Crippen molar-refractivity contribution < 1.29 is 23.2 Å². The first-order valence-electron chi connectivity index (χ1n) is 10.0. The van der Waals surface area contributed by atoms with Crippen LogP contribution in [0.4, 0.5) is 0 Å². The lowest BCUT2D eigenvalue weighted by molar-refractivity contribution is -0.134. The Hall–Kier alpha value is -3.27. The molecule has 1 aromatic heterocycles. The zero-order valence-electron chi connectivity index (χ0n) is 17.8. The van der Waals surface area contributed by atoms with Crippen LogP contribution in [0.2, 0.25) is 0 Å². The Balaban J connectivity index is 2.10. The summed E-state index contributed by atoms with van der Waals surface area (Å²) in [5, 5.41) is 9.30. The molecule has 1 atom stereocenters. The molecule has 0 aliphatic rings. The topological polar surface area (TPSA) is 109 Å². The van der Waals surface area contributed by atoms with E-state index in [0.29, 0.717) is 11.3 Å². The molecule has 3 aromatic rings. The second-order valence-electron chi connectivity index (χ2n) is 7.44. The minimum Gasteiger partial charge on any atom is -0.456 e. The molecule has 3 rings (SSSR count). The van der Waals surface area contributed by atoms with E-state index in [2.05, 4.69) is 4.98 Å². The normalized spacial score (nSPS) is 12.5. The van der Waals surface area contributed by atoms with Crippen LogP contribution in [0.5, 0.6) is 11.5 Å². The average Bonchev–Trinajstić information content (AvgIpc) is 2.80. The smallest absolute Gasteiger partial charge is 0.262 e. The van der Waals surface area contributed by atoms with E-state index < -0.39 is 27.9 Å². The Bertz CT molecular complexity index is 1140. The summed E-state index contributed by atoms with van der Waals surface area (Å²) in [5.41, 5.74) is 2.19. The molecule has 0 radical (unpaired) electrons. The van der Waals surface area contributed by atoms with E-state index in [1.165, 1.54) is 12.3 Å². The number of rotatable bonds is 9. The number of aromatic nitrogens is 1. The number of hydroxylamine groups is 1. The molecule has 9 heteroatoms. The maximum absolute atomic E-state index is 13.9. The second kappa shape index (κ2) is 10.4. The predicted octanol–water partition coefficient (Wildman–Crippen LogP) is 3.59. The lowest BCUT2D eigenvalue weighted by Gasteiger charge is -2.32. The molecule has 1 heterocycles. The fourth-order valence-electron chi connectivity index (χ4n) is 3.33. The standard InChI is InChI=1S/C23H25N3O5S/c1-17(2)22(23(27)25-28)26(16-18-9-8-14-24-15-18)32(29,30)21-13-7-6-12-20(21)31-19-10-4-3-5-11-19/h3-15,17,22,28H,16H2,1-2H3,(H,25,27). The molecule has 0 fully saturated rings. The molecule has 0 aliphatic heterocycles. The molecule has 1 amide bonds. The van der Waals surface area contributed by atoms with E-state index in [-0.39, 0.29) is 17.2 Å². The predicted molar refractivity (Wildman–Crippen MR) is 118 cm³/mol. The van der Waals surface area contributed by atoms with E-state index in [9.17, 15) is 18.4 Å². The first-order valence-corrected chi connectivity index (χ1v) is 11.4. The van der Waals surface area contributed by atoms with Crippen molar-refractivity contribution in [3.63, 3.8) is 0 Å². The Morgan fingerprint density at radius 1 is 1.06 bits per heavy atom. The number of nitrogens with one attached hydrogen (secondary N) is 1. The molecule has 1 unspecified atom stereocenters. The molecule has 8 nitrogen and oxygen atoms in total. The Morgan fingerprint density at radius 3 is 2.38 bits per heavy atom. The van der Waals surface area contributed by atoms with Gasteiger partial charge in [0, 0.05) is 18.9 Å². The number of nitrogens with zero attached hydrogens (tertiary/aromatic N) is 2. The van der Waals surface area contributed by atoms with Gasteiger partial charge in [-0.05, 0) is 41.8 Å². The third kappa shape index (κ3) is 5.31. The van der Waals surface area contributed by atoms with Gasteiger partial charge in [-0.25, -0.2) is 13.9 Å². The molecule has 2 aromatic carbocycles. The van der Waals surface area contributed by atoms with Crippen LogP contribution in [0, 0.1) is 5.92 Å². The van der Waals surface area contributed by atoms with Crippen molar-refractivity contribution in [1.29, 1.82) is 0 Å². The SMILES string of the molecule is CC(C)C(C(=O)NO)N(Cc1cccnc1)S(=O)(=O)c1ccccc1Oc1ccccc1. The van der Waals surface area contributed by atoms with Crippen LogP contribution in [0.3, 0.4) is 0 Å². The van der Waals surface area contributed by atoms with Crippen molar-refractivity contribution in [3.8, 4) is 11.5 Å². The summed E-state index contributed by atoms with van der Waals surface area (Å²) in [6.45, 7) is 3.29. The van der Waals surface area contributed by atoms with E-state index in [4.69, 9.17) is 4.74 Å². The van der Waals surface area contributed by atoms with Gasteiger partial charge in [0.05, 0.1) is 0 Å². The Labute approximate surface area is 187 Å². The minimum atomic E-state index is -4.24. The van der Waals surface area contributed by atoms with Crippen LogP contribution in [-0.2, 0) is 21.4 Å². The van der Waals surface area contributed by atoms with Gasteiger partial charge in [0.2, 0.25) is 10.0 Å². The molecule has 0 saturated heterocycles. The maximum atomic E-state index is 13.9. The Kier molecular flexibility index (Phi) is 7.57. The molecule has 168 valence electrons. The number of carbonyl (C=O) groups excluding carboxylic acids is 1. The van der Waals surface area contributed by atoms with Gasteiger partial charge in [0.1, 0.15) is 22.4 Å². The Morgan fingerprint density at radius 2 is 1.75 bits per heavy atom. The minimum absolute atomic E-state index is 0.0934. The lowest BCUT2D eigenvalue weighted by Crippen LogP contribution is -2.51. The first kappa shape index (κ1) is 23.4. The molecule has 2 N–H and O–H groups in total. The van der Waals surface area contributed by atoms with Crippen molar-refractivity contribution in [2.24, 2.45) is 5.92 Å². The summed E-state index contributed by atoms with van der Waals surface area (Å²) in [6, 6.07) is 17.3.